The minimum atomic E-state index is 0.668. The molecule has 0 amide bonds. The average Bonchev–Trinajstić information content (AvgIpc) is 3.01. The molecular formula is C14H26N6S. The largest absolute Gasteiger partial charge is 0.354 e. The van der Waals surface area contributed by atoms with Gasteiger partial charge in [-0.15, -0.1) is 0 Å². The van der Waals surface area contributed by atoms with Crippen LogP contribution in [0, 0.1) is 0 Å². The zero-order chi connectivity index (χ0) is 14.9. The van der Waals surface area contributed by atoms with Crippen LogP contribution in [0.5, 0.6) is 0 Å². The van der Waals surface area contributed by atoms with E-state index in [1.54, 1.807) is 0 Å². The van der Waals surface area contributed by atoms with Gasteiger partial charge in [0.2, 0.25) is 17.8 Å². The fraction of sp³-hybridized carbons (Fsp3) is 0.786. The van der Waals surface area contributed by atoms with Crippen molar-refractivity contribution in [1.29, 1.82) is 0 Å². The van der Waals surface area contributed by atoms with E-state index >= 15 is 0 Å². The van der Waals surface area contributed by atoms with Crippen molar-refractivity contribution < 1.29 is 0 Å². The summed E-state index contributed by atoms with van der Waals surface area (Å²) in [4.78, 5) is 15.7. The van der Waals surface area contributed by atoms with Crippen molar-refractivity contribution in [2.45, 2.75) is 32.6 Å². The highest BCUT2D eigenvalue weighted by atomic mass is 32.2. The van der Waals surface area contributed by atoms with Gasteiger partial charge in [-0.05, 0) is 44.6 Å². The summed E-state index contributed by atoms with van der Waals surface area (Å²) in [6, 6.07) is 0. The number of hydrogen-bond donors (Lipinski definition) is 2. The molecule has 1 aliphatic rings. The molecule has 7 heteroatoms. The Morgan fingerprint density at radius 2 is 1.76 bits per heavy atom. The molecule has 0 bridgehead atoms. The Morgan fingerprint density at radius 3 is 2.43 bits per heavy atom. The first-order valence-corrected chi connectivity index (χ1v) is 9.20. The zero-order valence-corrected chi connectivity index (χ0v) is 13.9. The molecule has 2 N–H and O–H groups in total. The molecule has 1 saturated heterocycles. The summed E-state index contributed by atoms with van der Waals surface area (Å²) in [7, 11) is 0. The van der Waals surface area contributed by atoms with Gasteiger partial charge in [-0.25, -0.2) is 0 Å². The third-order valence-corrected chi connectivity index (χ3v) is 4.10. The molecule has 6 nitrogen and oxygen atoms in total. The van der Waals surface area contributed by atoms with Crippen LogP contribution in [-0.2, 0) is 0 Å². The summed E-state index contributed by atoms with van der Waals surface area (Å²) in [6.07, 6.45) is 6.95. The second-order valence-corrected chi connectivity index (χ2v) is 6.12. The number of nitrogens with one attached hydrogen (secondary N) is 2. The molecule has 1 aromatic rings. The molecule has 2 heterocycles. The van der Waals surface area contributed by atoms with E-state index in [2.05, 4.69) is 43.7 Å². The second-order valence-electron chi connectivity index (χ2n) is 5.13. The maximum Gasteiger partial charge on any atom is 0.231 e. The molecule has 0 spiro atoms. The third-order valence-electron chi connectivity index (χ3n) is 3.41. The lowest BCUT2D eigenvalue weighted by molar-refractivity contribution is 0.825. The van der Waals surface area contributed by atoms with Crippen LogP contribution < -0.4 is 15.5 Å². The standard InChI is InChI=1S/C14H26N6S/c1-3-15-12-17-13(16-8-4-7-11-21-2)19-14(18-12)20-9-5-6-10-20/h3-11H2,1-2H3,(H2,15,16,17,18,19). The van der Waals surface area contributed by atoms with Crippen LogP contribution in [-0.4, -0.2) is 53.1 Å². The van der Waals surface area contributed by atoms with E-state index in [9.17, 15) is 0 Å². The quantitative estimate of drug-likeness (QED) is 0.679. The highest BCUT2D eigenvalue weighted by molar-refractivity contribution is 7.98. The van der Waals surface area contributed by atoms with Gasteiger partial charge >= 0.3 is 0 Å². The Hall–Kier alpha value is -1.24. The number of nitrogens with zero attached hydrogens (tertiary/aromatic N) is 4. The summed E-state index contributed by atoms with van der Waals surface area (Å²) in [5, 5.41) is 6.52. The van der Waals surface area contributed by atoms with Crippen molar-refractivity contribution in [2.24, 2.45) is 0 Å². The van der Waals surface area contributed by atoms with Gasteiger partial charge in [-0.2, -0.15) is 26.7 Å². The van der Waals surface area contributed by atoms with Gasteiger partial charge in [-0.3, -0.25) is 0 Å². The molecule has 0 aliphatic carbocycles. The molecule has 0 unspecified atom stereocenters. The predicted molar refractivity (Wildman–Crippen MR) is 91.5 cm³/mol. The Labute approximate surface area is 131 Å². The van der Waals surface area contributed by atoms with Crippen LogP contribution >= 0.6 is 11.8 Å². The Kier molecular flexibility index (Phi) is 6.85. The first-order chi connectivity index (χ1) is 10.3. The van der Waals surface area contributed by atoms with E-state index in [4.69, 9.17) is 0 Å². The summed E-state index contributed by atoms with van der Waals surface area (Å²) in [5.41, 5.74) is 0. The number of aromatic nitrogens is 3. The van der Waals surface area contributed by atoms with E-state index in [0.29, 0.717) is 11.9 Å². The Morgan fingerprint density at radius 1 is 1.05 bits per heavy atom. The molecule has 118 valence electrons. The minimum absolute atomic E-state index is 0.668. The summed E-state index contributed by atoms with van der Waals surface area (Å²) < 4.78 is 0. The van der Waals surface area contributed by atoms with Gasteiger partial charge in [0.25, 0.3) is 0 Å². The van der Waals surface area contributed by atoms with Gasteiger partial charge in [-0.1, -0.05) is 0 Å². The minimum Gasteiger partial charge on any atom is -0.354 e. The fourth-order valence-corrected chi connectivity index (χ4v) is 2.80. The Balaban J connectivity index is 1.97. The summed E-state index contributed by atoms with van der Waals surface area (Å²) >= 11 is 1.89. The highest BCUT2D eigenvalue weighted by Gasteiger charge is 2.17. The zero-order valence-electron chi connectivity index (χ0n) is 13.1. The molecule has 1 aliphatic heterocycles. The van der Waals surface area contributed by atoms with Gasteiger partial charge in [0, 0.05) is 26.2 Å². The van der Waals surface area contributed by atoms with E-state index in [1.165, 1.54) is 25.0 Å². The Bertz CT molecular complexity index is 422. The van der Waals surface area contributed by atoms with E-state index in [0.717, 1.165) is 38.5 Å². The molecule has 21 heavy (non-hydrogen) atoms. The second kappa shape index (κ2) is 8.92. The molecule has 0 radical (unpaired) electrons. The lowest BCUT2D eigenvalue weighted by atomic mass is 10.3. The molecule has 1 fully saturated rings. The van der Waals surface area contributed by atoms with Crippen LogP contribution in [0.15, 0.2) is 0 Å². The van der Waals surface area contributed by atoms with Crippen molar-refractivity contribution in [3.05, 3.63) is 0 Å². The molecule has 0 aromatic carbocycles. The SMILES string of the molecule is CCNc1nc(NCCCCSC)nc(N2CCCC2)n1. The number of hydrogen-bond acceptors (Lipinski definition) is 7. The van der Waals surface area contributed by atoms with Crippen molar-refractivity contribution in [1.82, 2.24) is 15.0 Å². The van der Waals surface area contributed by atoms with Gasteiger partial charge in [0.1, 0.15) is 0 Å². The van der Waals surface area contributed by atoms with Crippen LogP contribution in [0.2, 0.25) is 0 Å². The maximum atomic E-state index is 4.56. The van der Waals surface area contributed by atoms with E-state index in [-0.39, 0.29) is 0 Å². The predicted octanol–water partition coefficient (Wildman–Crippen LogP) is 2.46. The first kappa shape index (κ1) is 16.1. The van der Waals surface area contributed by atoms with Crippen LogP contribution in [0.25, 0.3) is 0 Å². The molecule has 1 aromatic heterocycles. The maximum absolute atomic E-state index is 4.56. The van der Waals surface area contributed by atoms with Crippen molar-refractivity contribution in [3.63, 3.8) is 0 Å². The fourth-order valence-electron chi connectivity index (χ4n) is 2.31. The van der Waals surface area contributed by atoms with Crippen molar-refractivity contribution in [3.8, 4) is 0 Å². The lowest BCUT2D eigenvalue weighted by Gasteiger charge is -2.17. The van der Waals surface area contributed by atoms with Gasteiger partial charge < -0.3 is 15.5 Å². The highest BCUT2D eigenvalue weighted by Crippen LogP contribution is 2.18. The molecule has 2 rings (SSSR count). The number of anilines is 3. The van der Waals surface area contributed by atoms with Crippen molar-refractivity contribution in [2.75, 3.05) is 53.7 Å². The smallest absolute Gasteiger partial charge is 0.231 e. The van der Waals surface area contributed by atoms with Crippen LogP contribution in [0.4, 0.5) is 17.8 Å². The summed E-state index contributed by atoms with van der Waals surface area (Å²) in [6.45, 7) is 5.87. The molecular weight excluding hydrogens is 284 g/mol. The topological polar surface area (TPSA) is 66.0 Å². The number of thioether (sulfide) groups is 1. The molecule has 0 atom stereocenters. The normalized spacial score (nSPS) is 14.5. The monoisotopic (exact) mass is 310 g/mol. The van der Waals surface area contributed by atoms with Gasteiger partial charge in [0.05, 0.1) is 0 Å². The number of unbranched alkanes of at least 4 members (excludes halogenated alkanes) is 1. The lowest BCUT2D eigenvalue weighted by Crippen LogP contribution is -2.22. The van der Waals surface area contributed by atoms with Gasteiger partial charge in [0.15, 0.2) is 0 Å². The number of rotatable bonds is 9. The molecule has 0 saturated carbocycles. The van der Waals surface area contributed by atoms with E-state index in [1.807, 2.05) is 11.8 Å². The average molecular weight is 310 g/mol. The van der Waals surface area contributed by atoms with E-state index < -0.39 is 0 Å². The van der Waals surface area contributed by atoms with Crippen molar-refractivity contribution >= 4 is 29.6 Å². The summed E-state index contributed by atoms with van der Waals surface area (Å²) in [5.74, 6) is 3.36. The first-order valence-electron chi connectivity index (χ1n) is 7.81. The van der Waals surface area contributed by atoms with Crippen LogP contribution in [0.1, 0.15) is 32.6 Å². The third kappa shape index (κ3) is 5.22. The van der Waals surface area contributed by atoms with Crippen LogP contribution in [0.3, 0.4) is 0 Å².